The van der Waals surface area contributed by atoms with Crippen molar-refractivity contribution in [3.63, 3.8) is 0 Å². The van der Waals surface area contributed by atoms with Gasteiger partial charge in [-0.2, -0.15) is 0 Å². The van der Waals surface area contributed by atoms with Crippen LogP contribution in [0, 0.1) is 5.92 Å². The third-order valence-corrected chi connectivity index (χ3v) is 6.48. The highest BCUT2D eigenvalue weighted by atomic mass is 16.5. The van der Waals surface area contributed by atoms with Gasteiger partial charge in [-0.25, -0.2) is 0 Å². The van der Waals surface area contributed by atoms with Crippen LogP contribution in [0.25, 0.3) is 0 Å². The summed E-state index contributed by atoms with van der Waals surface area (Å²) in [4.78, 5) is 39.2. The van der Waals surface area contributed by atoms with Gasteiger partial charge in [0.2, 0.25) is 17.7 Å². The van der Waals surface area contributed by atoms with E-state index in [1.807, 2.05) is 54.6 Å². The molecule has 4 N–H and O–H groups in total. The fourth-order valence-electron chi connectivity index (χ4n) is 4.13. The first-order valence-corrected chi connectivity index (χ1v) is 12.7. The molecule has 1 heterocycles. The maximum atomic E-state index is 13.0. The maximum Gasteiger partial charge on any atom is 0.242 e. The molecule has 3 amide bonds. The number of nitrogens with zero attached hydrogens (tertiary/aromatic N) is 1. The van der Waals surface area contributed by atoms with Crippen molar-refractivity contribution in [3.05, 3.63) is 65.7 Å². The minimum Gasteiger partial charge on any atom is -0.489 e. The number of rotatable bonds is 14. The summed E-state index contributed by atoms with van der Waals surface area (Å²) in [6.07, 6.45) is 3.22. The van der Waals surface area contributed by atoms with Crippen molar-refractivity contribution >= 4 is 17.7 Å². The van der Waals surface area contributed by atoms with Crippen LogP contribution in [0.2, 0.25) is 0 Å². The Balaban J connectivity index is 1.56. The van der Waals surface area contributed by atoms with Crippen LogP contribution in [0.3, 0.4) is 0 Å². The summed E-state index contributed by atoms with van der Waals surface area (Å²) < 4.78 is 5.85. The molecule has 8 nitrogen and oxygen atoms in total. The third kappa shape index (κ3) is 9.34. The Hall–Kier alpha value is -3.39. The molecule has 0 aliphatic carbocycles. The molecule has 2 unspecified atom stereocenters. The average Bonchev–Trinajstić information content (AvgIpc) is 3.40. The van der Waals surface area contributed by atoms with Gasteiger partial charge in [-0.05, 0) is 55.6 Å². The summed E-state index contributed by atoms with van der Waals surface area (Å²) in [6.45, 7) is 5.63. The lowest BCUT2D eigenvalue weighted by atomic mass is 10.0. The van der Waals surface area contributed by atoms with E-state index in [4.69, 9.17) is 10.5 Å². The number of nitrogens with two attached hydrogens (primary N) is 1. The highest BCUT2D eigenvalue weighted by molar-refractivity contribution is 5.88. The number of hydrogen-bond donors (Lipinski definition) is 3. The molecule has 1 saturated heterocycles. The normalized spacial score (nSPS) is 15.1. The molecule has 1 aliphatic rings. The Morgan fingerprint density at radius 1 is 1.00 bits per heavy atom. The number of likely N-dealkylation sites (tertiary alicyclic amines) is 1. The van der Waals surface area contributed by atoms with E-state index in [1.54, 1.807) is 6.92 Å². The van der Waals surface area contributed by atoms with Gasteiger partial charge in [0.1, 0.15) is 18.4 Å². The molecule has 0 radical (unpaired) electrons. The standard InChI is InChI=1S/C28H38N4O4/c1-21(27(29)34)9-14-26(33)31-25(28(35)30-15-18-32-16-5-6-17-32)19-22-10-12-24(13-11-22)36-20-23-7-3-2-4-8-23/h2-4,7-8,10-13,21,25H,5-6,9,14-20H2,1H3,(H2,29,34)(H,30,35)(H,31,33). The van der Waals surface area contributed by atoms with Crippen molar-refractivity contribution in [1.82, 2.24) is 15.5 Å². The summed E-state index contributed by atoms with van der Waals surface area (Å²) in [5.41, 5.74) is 7.29. The molecule has 0 spiro atoms. The number of ether oxygens (including phenoxy) is 1. The summed E-state index contributed by atoms with van der Waals surface area (Å²) >= 11 is 0. The first kappa shape index (κ1) is 27.2. The van der Waals surface area contributed by atoms with E-state index in [1.165, 1.54) is 12.8 Å². The van der Waals surface area contributed by atoms with Gasteiger partial charge in [-0.3, -0.25) is 14.4 Å². The molecule has 0 saturated carbocycles. The van der Waals surface area contributed by atoms with Crippen LogP contribution in [0.1, 0.15) is 43.7 Å². The van der Waals surface area contributed by atoms with Crippen LogP contribution in [0.4, 0.5) is 0 Å². The van der Waals surface area contributed by atoms with Crippen molar-refractivity contribution in [2.45, 2.75) is 51.7 Å². The molecule has 36 heavy (non-hydrogen) atoms. The second-order valence-corrected chi connectivity index (χ2v) is 9.42. The van der Waals surface area contributed by atoms with Gasteiger partial charge in [-0.15, -0.1) is 0 Å². The Morgan fingerprint density at radius 2 is 1.69 bits per heavy atom. The maximum absolute atomic E-state index is 13.0. The predicted octanol–water partition coefficient (Wildman–Crippen LogP) is 2.41. The van der Waals surface area contributed by atoms with Crippen LogP contribution in [-0.2, 0) is 27.4 Å². The van der Waals surface area contributed by atoms with E-state index in [2.05, 4.69) is 15.5 Å². The van der Waals surface area contributed by atoms with Gasteiger partial charge >= 0.3 is 0 Å². The lowest BCUT2D eigenvalue weighted by Crippen LogP contribution is -2.49. The van der Waals surface area contributed by atoms with Gasteiger partial charge in [0.25, 0.3) is 0 Å². The van der Waals surface area contributed by atoms with Crippen LogP contribution in [0.5, 0.6) is 5.75 Å². The molecule has 2 aromatic carbocycles. The topological polar surface area (TPSA) is 114 Å². The first-order valence-electron chi connectivity index (χ1n) is 12.7. The lowest BCUT2D eigenvalue weighted by Gasteiger charge is -2.21. The average molecular weight is 495 g/mol. The predicted molar refractivity (Wildman–Crippen MR) is 139 cm³/mol. The number of primary amides is 1. The molecular weight excluding hydrogens is 456 g/mol. The van der Waals surface area contributed by atoms with E-state index in [0.717, 1.165) is 36.5 Å². The Bertz CT molecular complexity index is 975. The summed E-state index contributed by atoms with van der Waals surface area (Å²) in [6, 6.07) is 16.8. The highest BCUT2D eigenvalue weighted by Crippen LogP contribution is 2.16. The zero-order chi connectivity index (χ0) is 25.8. The molecule has 0 bridgehead atoms. The van der Waals surface area contributed by atoms with E-state index < -0.39 is 17.9 Å². The van der Waals surface area contributed by atoms with Crippen LogP contribution < -0.4 is 21.1 Å². The molecule has 1 fully saturated rings. The molecular formula is C28H38N4O4. The highest BCUT2D eigenvalue weighted by Gasteiger charge is 2.22. The van der Waals surface area contributed by atoms with Crippen molar-refractivity contribution in [3.8, 4) is 5.75 Å². The zero-order valence-corrected chi connectivity index (χ0v) is 21.1. The fourth-order valence-corrected chi connectivity index (χ4v) is 4.13. The van der Waals surface area contributed by atoms with Gasteiger partial charge < -0.3 is 26.0 Å². The number of carbonyl (C=O) groups excluding carboxylic acids is 3. The molecule has 8 heteroatoms. The second-order valence-electron chi connectivity index (χ2n) is 9.42. The fraction of sp³-hybridized carbons (Fsp3) is 0.464. The van der Waals surface area contributed by atoms with E-state index >= 15 is 0 Å². The zero-order valence-electron chi connectivity index (χ0n) is 21.1. The number of benzene rings is 2. The monoisotopic (exact) mass is 494 g/mol. The van der Waals surface area contributed by atoms with Gasteiger partial charge in [0, 0.05) is 31.8 Å². The minimum absolute atomic E-state index is 0.133. The van der Waals surface area contributed by atoms with Crippen molar-refractivity contribution in [1.29, 1.82) is 0 Å². The smallest absolute Gasteiger partial charge is 0.242 e. The summed E-state index contributed by atoms with van der Waals surface area (Å²) in [5, 5.41) is 5.83. The van der Waals surface area contributed by atoms with Crippen LogP contribution >= 0.6 is 0 Å². The van der Waals surface area contributed by atoms with Gasteiger partial charge in [0.05, 0.1) is 0 Å². The number of amides is 3. The largest absolute Gasteiger partial charge is 0.489 e. The van der Waals surface area contributed by atoms with Crippen LogP contribution in [-0.4, -0.2) is 54.8 Å². The summed E-state index contributed by atoms with van der Waals surface area (Å²) in [7, 11) is 0. The molecule has 194 valence electrons. The summed E-state index contributed by atoms with van der Waals surface area (Å²) in [5.74, 6) is -0.584. The Labute approximate surface area is 213 Å². The van der Waals surface area contributed by atoms with Gasteiger partial charge in [-0.1, -0.05) is 49.4 Å². The van der Waals surface area contributed by atoms with Crippen molar-refractivity contribution in [2.75, 3.05) is 26.2 Å². The van der Waals surface area contributed by atoms with Crippen LogP contribution in [0.15, 0.2) is 54.6 Å². The van der Waals surface area contributed by atoms with Crippen molar-refractivity contribution in [2.24, 2.45) is 11.7 Å². The Kier molecular flexibility index (Phi) is 10.8. The molecule has 1 aliphatic heterocycles. The molecule has 3 rings (SSSR count). The number of carbonyl (C=O) groups is 3. The number of hydrogen-bond acceptors (Lipinski definition) is 5. The SMILES string of the molecule is CC(CCC(=O)NC(Cc1ccc(OCc2ccccc2)cc1)C(=O)NCCN1CCCC1)C(N)=O. The molecule has 2 atom stereocenters. The van der Waals surface area contributed by atoms with E-state index in [0.29, 0.717) is 26.0 Å². The Morgan fingerprint density at radius 3 is 2.36 bits per heavy atom. The van der Waals surface area contributed by atoms with Crippen molar-refractivity contribution < 1.29 is 19.1 Å². The minimum atomic E-state index is -0.712. The lowest BCUT2D eigenvalue weighted by molar-refractivity contribution is -0.129. The number of nitrogens with one attached hydrogen (secondary N) is 2. The van der Waals surface area contributed by atoms with E-state index in [9.17, 15) is 14.4 Å². The quantitative estimate of drug-likeness (QED) is 0.373. The second kappa shape index (κ2) is 14.2. The molecule has 0 aromatic heterocycles. The van der Waals surface area contributed by atoms with Gasteiger partial charge in [0.15, 0.2) is 0 Å². The molecule has 2 aromatic rings. The van der Waals surface area contributed by atoms with E-state index in [-0.39, 0.29) is 18.2 Å². The third-order valence-electron chi connectivity index (χ3n) is 6.48. The first-order chi connectivity index (χ1) is 17.4.